The third-order valence-corrected chi connectivity index (χ3v) is 3.33. The van der Waals surface area contributed by atoms with Crippen molar-refractivity contribution < 1.29 is 0 Å². The van der Waals surface area contributed by atoms with Gasteiger partial charge in [0.2, 0.25) is 0 Å². The van der Waals surface area contributed by atoms with Gasteiger partial charge in [0.15, 0.2) is 0 Å². The maximum absolute atomic E-state index is 7.69. The minimum atomic E-state index is 0.672. The van der Waals surface area contributed by atoms with E-state index in [0.29, 0.717) is 5.04 Å². The lowest BCUT2D eigenvalue weighted by molar-refractivity contribution is 1.37. The van der Waals surface area contributed by atoms with Gasteiger partial charge in [-0.15, -0.1) is 11.8 Å². The summed E-state index contributed by atoms with van der Waals surface area (Å²) in [5.41, 5.74) is 3.47. The van der Waals surface area contributed by atoms with Gasteiger partial charge in [0.05, 0.1) is 5.69 Å². The summed E-state index contributed by atoms with van der Waals surface area (Å²) in [6, 6.07) is 8.24. The fraction of sp³-hybridized carbons (Fsp3) is 0.100. The molecule has 2 nitrogen and oxygen atoms in total. The van der Waals surface area contributed by atoms with E-state index in [1.807, 2.05) is 12.1 Å². The minimum Gasteiger partial charge on any atom is -0.353 e. The second-order valence-corrected chi connectivity index (χ2v) is 4.13. The molecule has 3 heteroatoms. The summed E-state index contributed by atoms with van der Waals surface area (Å²) in [6.07, 6.45) is 0. The van der Waals surface area contributed by atoms with Crippen molar-refractivity contribution in [3.05, 3.63) is 35.5 Å². The highest BCUT2D eigenvalue weighted by molar-refractivity contribution is 8.14. The molecule has 0 saturated heterocycles. The number of fused-ring (bicyclic) bond motifs is 3. The van der Waals surface area contributed by atoms with Crippen LogP contribution in [0.3, 0.4) is 0 Å². The molecule has 2 aromatic rings. The molecular weight excluding hydrogens is 180 g/mol. The predicted molar refractivity (Wildman–Crippen MR) is 56.4 cm³/mol. The van der Waals surface area contributed by atoms with Gasteiger partial charge in [0.1, 0.15) is 5.04 Å². The Morgan fingerprint density at radius 3 is 3.08 bits per heavy atom. The molecule has 3 rings (SSSR count). The number of thioether (sulfide) groups is 1. The molecule has 0 aliphatic carbocycles. The van der Waals surface area contributed by atoms with Crippen LogP contribution in [0.25, 0.3) is 10.9 Å². The van der Waals surface area contributed by atoms with Gasteiger partial charge in [-0.05, 0) is 11.6 Å². The van der Waals surface area contributed by atoms with E-state index < -0.39 is 0 Å². The topological polar surface area (TPSA) is 39.6 Å². The number of aromatic nitrogens is 1. The number of rotatable bonds is 0. The van der Waals surface area contributed by atoms with Crippen LogP contribution in [-0.2, 0) is 5.75 Å². The average Bonchev–Trinajstić information content (AvgIpc) is 2.67. The second-order valence-electron chi connectivity index (χ2n) is 3.14. The first-order valence-electron chi connectivity index (χ1n) is 4.17. The zero-order valence-electron chi connectivity index (χ0n) is 6.92. The van der Waals surface area contributed by atoms with Crippen molar-refractivity contribution in [2.75, 3.05) is 0 Å². The zero-order valence-corrected chi connectivity index (χ0v) is 7.74. The molecule has 1 aliphatic rings. The van der Waals surface area contributed by atoms with Gasteiger partial charge >= 0.3 is 0 Å². The van der Waals surface area contributed by atoms with E-state index in [1.54, 1.807) is 11.8 Å². The fourth-order valence-electron chi connectivity index (χ4n) is 1.76. The summed E-state index contributed by atoms with van der Waals surface area (Å²) in [4.78, 5) is 3.28. The Morgan fingerprint density at radius 1 is 1.31 bits per heavy atom. The van der Waals surface area contributed by atoms with Crippen molar-refractivity contribution in [1.82, 2.24) is 4.98 Å². The van der Waals surface area contributed by atoms with Gasteiger partial charge < -0.3 is 4.98 Å². The standard InChI is InChI=1S/C10H8N2S/c11-10-9-7(5-13-10)6-3-1-2-4-8(6)12-9/h1-4,11-12H,5H2. The monoisotopic (exact) mass is 188 g/mol. The van der Waals surface area contributed by atoms with E-state index in [2.05, 4.69) is 17.1 Å². The zero-order chi connectivity index (χ0) is 8.84. The Morgan fingerprint density at radius 2 is 2.15 bits per heavy atom. The number of para-hydroxylation sites is 1. The van der Waals surface area contributed by atoms with Crippen LogP contribution < -0.4 is 0 Å². The van der Waals surface area contributed by atoms with Crippen molar-refractivity contribution >= 4 is 27.7 Å². The number of nitrogens with one attached hydrogen (secondary N) is 2. The molecule has 0 spiro atoms. The van der Waals surface area contributed by atoms with E-state index in [1.165, 1.54) is 10.9 Å². The smallest absolute Gasteiger partial charge is 0.111 e. The second kappa shape index (κ2) is 2.39. The molecule has 1 aromatic heterocycles. The lowest BCUT2D eigenvalue weighted by atomic mass is 10.1. The Kier molecular flexibility index (Phi) is 1.32. The van der Waals surface area contributed by atoms with Crippen molar-refractivity contribution in [1.29, 1.82) is 5.41 Å². The normalized spacial score (nSPS) is 15.2. The summed E-state index contributed by atoms with van der Waals surface area (Å²) in [5.74, 6) is 0.943. The first-order chi connectivity index (χ1) is 6.36. The largest absolute Gasteiger partial charge is 0.353 e. The van der Waals surface area contributed by atoms with E-state index >= 15 is 0 Å². The van der Waals surface area contributed by atoms with Crippen LogP contribution in [-0.4, -0.2) is 10.0 Å². The Hall–Kier alpha value is -1.22. The molecule has 0 amide bonds. The number of aromatic amines is 1. The van der Waals surface area contributed by atoms with Gasteiger partial charge in [-0.25, -0.2) is 0 Å². The third-order valence-electron chi connectivity index (χ3n) is 2.40. The number of hydrogen-bond donors (Lipinski definition) is 2. The van der Waals surface area contributed by atoms with Crippen molar-refractivity contribution in [3.63, 3.8) is 0 Å². The number of hydrogen-bond acceptors (Lipinski definition) is 2. The van der Waals surface area contributed by atoms with E-state index in [0.717, 1.165) is 17.0 Å². The lowest BCUT2D eigenvalue weighted by Crippen LogP contribution is -1.86. The molecule has 1 aliphatic heterocycles. The number of benzene rings is 1. The van der Waals surface area contributed by atoms with Crippen molar-refractivity contribution in [3.8, 4) is 0 Å². The molecule has 13 heavy (non-hydrogen) atoms. The van der Waals surface area contributed by atoms with E-state index in [4.69, 9.17) is 5.41 Å². The predicted octanol–water partition coefficient (Wildman–Crippen LogP) is 2.74. The van der Waals surface area contributed by atoms with Gasteiger partial charge in [0.25, 0.3) is 0 Å². The van der Waals surface area contributed by atoms with Crippen LogP contribution in [0.1, 0.15) is 11.3 Å². The summed E-state index contributed by atoms with van der Waals surface area (Å²) in [5, 5.41) is 9.64. The van der Waals surface area contributed by atoms with Crippen LogP contribution in [0, 0.1) is 5.41 Å². The summed E-state index contributed by atoms with van der Waals surface area (Å²) < 4.78 is 0. The Bertz CT molecular complexity index is 499. The summed E-state index contributed by atoms with van der Waals surface area (Å²) in [7, 11) is 0. The SMILES string of the molecule is N=C1SCc2c1[nH]c1ccccc21. The molecule has 0 fully saturated rings. The third kappa shape index (κ3) is 0.877. The Balaban J connectivity index is 2.44. The molecule has 0 unspecified atom stereocenters. The molecule has 2 heterocycles. The van der Waals surface area contributed by atoms with Gasteiger partial charge in [-0.3, -0.25) is 5.41 Å². The van der Waals surface area contributed by atoms with Crippen LogP contribution in [0.15, 0.2) is 24.3 Å². The van der Waals surface area contributed by atoms with Gasteiger partial charge in [-0.2, -0.15) is 0 Å². The quantitative estimate of drug-likeness (QED) is 0.655. The highest BCUT2D eigenvalue weighted by atomic mass is 32.2. The molecule has 2 N–H and O–H groups in total. The van der Waals surface area contributed by atoms with Crippen LogP contribution in [0.2, 0.25) is 0 Å². The fourth-order valence-corrected chi connectivity index (χ4v) is 2.67. The lowest BCUT2D eigenvalue weighted by Gasteiger charge is -1.91. The minimum absolute atomic E-state index is 0.672. The highest BCUT2D eigenvalue weighted by Gasteiger charge is 2.21. The highest BCUT2D eigenvalue weighted by Crippen LogP contribution is 2.34. The average molecular weight is 188 g/mol. The van der Waals surface area contributed by atoms with Crippen LogP contribution in [0.5, 0.6) is 0 Å². The summed E-state index contributed by atoms with van der Waals surface area (Å²) in [6.45, 7) is 0. The van der Waals surface area contributed by atoms with Gasteiger partial charge in [-0.1, -0.05) is 18.2 Å². The maximum atomic E-state index is 7.69. The molecule has 1 aromatic carbocycles. The molecular formula is C10H8N2S. The van der Waals surface area contributed by atoms with Crippen molar-refractivity contribution in [2.24, 2.45) is 0 Å². The molecule has 0 atom stereocenters. The maximum Gasteiger partial charge on any atom is 0.111 e. The Labute approximate surface area is 79.9 Å². The first kappa shape index (κ1) is 7.21. The molecule has 0 saturated carbocycles. The molecule has 64 valence electrons. The van der Waals surface area contributed by atoms with Crippen molar-refractivity contribution in [2.45, 2.75) is 5.75 Å². The first-order valence-corrected chi connectivity index (χ1v) is 5.16. The number of H-pyrrole nitrogens is 1. The molecule has 0 bridgehead atoms. The van der Waals surface area contributed by atoms with Crippen LogP contribution >= 0.6 is 11.8 Å². The van der Waals surface area contributed by atoms with E-state index in [9.17, 15) is 0 Å². The van der Waals surface area contributed by atoms with Gasteiger partial charge in [0, 0.05) is 16.7 Å². The van der Waals surface area contributed by atoms with E-state index in [-0.39, 0.29) is 0 Å². The molecule has 0 radical (unpaired) electrons. The van der Waals surface area contributed by atoms with Crippen LogP contribution in [0.4, 0.5) is 0 Å². The summed E-state index contributed by atoms with van der Waals surface area (Å²) >= 11 is 1.60.